The van der Waals surface area contributed by atoms with Gasteiger partial charge in [0.1, 0.15) is 5.75 Å². The summed E-state index contributed by atoms with van der Waals surface area (Å²) in [5.74, 6) is 1.83. The Morgan fingerprint density at radius 1 is 1.27 bits per heavy atom. The van der Waals surface area contributed by atoms with Crippen LogP contribution in [0.3, 0.4) is 0 Å². The number of nitrogens with zero attached hydrogens (tertiary/aromatic N) is 1. The van der Waals surface area contributed by atoms with E-state index in [4.69, 9.17) is 9.47 Å². The van der Waals surface area contributed by atoms with E-state index in [1.807, 2.05) is 38.1 Å². The number of nitrogens with one attached hydrogen (secondary N) is 3. The lowest BCUT2D eigenvalue weighted by molar-refractivity contribution is -0.126. The Morgan fingerprint density at radius 2 is 2.03 bits per heavy atom. The van der Waals surface area contributed by atoms with Crippen LogP contribution >= 0.6 is 24.0 Å². The highest BCUT2D eigenvalue weighted by Crippen LogP contribution is 2.24. The molecule has 3 N–H and O–H groups in total. The fourth-order valence-corrected chi connectivity index (χ4v) is 3.60. The van der Waals surface area contributed by atoms with Crippen molar-refractivity contribution in [2.75, 3.05) is 27.3 Å². The van der Waals surface area contributed by atoms with E-state index in [0.29, 0.717) is 19.8 Å². The van der Waals surface area contributed by atoms with Gasteiger partial charge in [0.2, 0.25) is 5.91 Å². The molecule has 1 aliphatic carbocycles. The maximum Gasteiger partial charge on any atom is 0.223 e. The zero-order valence-corrected chi connectivity index (χ0v) is 20.9. The summed E-state index contributed by atoms with van der Waals surface area (Å²) >= 11 is 0. The van der Waals surface area contributed by atoms with E-state index in [-0.39, 0.29) is 47.9 Å². The minimum atomic E-state index is 0. The van der Waals surface area contributed by atoms with Crippen LogP contribution in [-0.4, -0.2) is 51.3 Å². The molecule has 170 valence electrons. The number of rotatable bonds is 9. The van der Waals surface area contributed by atoms with Crippen LogP contribution in [0.25, 0.3) is 0 Å². The molecular formula is C22H37IN4O3. The Balaban J connectivity index is 0.00000450. The number of carbonyl (C=O) groups is 1. The molecule has 30 heavy (non-hydrogen) atoms. The molecule has 0 heterocycles. The first-order chi connectivity index (χ1) is 14.0. The standard InChI is InChI=1S/C22H36N4O3.HI/c1-16(2)25-21(27)17-9-7-10-19(14-17)26-22(23-3)24-12-13-29-15-18-8-5-6-11-20(18)28-4;/h5-6,8,11,16-17,19H,7,9-10,12-15H2,1-4H3,(H,25,27)(H2,23,24,26);1H. The zero-order valence-electron chi connectivity index (χ0n) is 18.6. The molecule has 2 unspecified atom stereocenters. The molecule has 0 radical (unpaired) electrons. The normalized spacial score (nSPS) is 19.0. The van der Waals surface area contributed by atoms with Crippen LogP contribution in [0.15, 0.2) is 29.3 Å². The monoisotopic (exact) mass is 532 g/mol. The molecule has 1 fully saturated rings. The summed E-state index contributed by atoms with van der Waals surface area (Å²) < 4.78 is 11.1. The SMILES string of the molecule is CN=C(NCCOCc1ccccc1OC)NC1CCCC(C(=O)NC(C)C)C1.I. The number of para-hydroxylation sites is 1. The Labute approximate surface area is 197 Å². The average Bonchev–Trinajstić information content (AvgIpc) is 2.72. The molecule has 1 aliphatic rings. The summed E-state index contributed by atoms with van der Waals surface area (Å²) in [5.41, 5.74) is 1.03. The van der Waals surface area contributed by atoms with Crippen LogP contribution in [0, 0.1) is 5.92 Å². The predicted octanol–water partition coefficient (Wildman–Crippen LogP) is 3.08. The summed E-state index contributed by atoms with van der Waals surface area (Å²) in [6, 6.07) is 8.29. The van der Waals surface area contributed by atoms with E-state index >= 15 is 0 Å². The Hall–Kier alpha value is -1.55. The minimum Gasteiger partial charge on any atom is -0.496 e. The van der Waals surface area contributed by atoms with Crippen molar-refractivity contribution in [1.29, 1.82) is 0 Å². The predicted molar refractivity (Wildman–Crippen MR) is 132 cm³/mol. The van der Waals surface area contributed by atoms with Crippen LogP contribution in [0.1, 0.15) is 45.1 Å². The molecule has 7 nitrogen and oxygen atoms in total. The molecule has 1 saturated carbocycles. The Kier molecular flexibility index (Phi) is 12.8. The Bertz CT molecular complexity index is 670. The largest absolute Gasteiger partial charge is 0.496 e. The third kappa shape index (κ3) is 9.07. The van der Waals surface area contributed by atoms with Gasteiger partial charge in [-0.05, 0) is 39.2 Å². The van der Waals surface area contributed by atoms with Crippen LogP contribution in [0.2, 0.25) is 0 Å². The molecule has 1 aromatic carbocycles. The van der Waals surface area contributed by atoms with Gasteiger partial charge in [0.15, 0.2) is 5.96 Å². The number of aliphatic imine (C=N–C) groups is 1. The van der Waals surface area contributed by atoms with E-state index in [2.05, 4.69) is 20.9 Å². The van der Waals surface area contributed by atoms with Crippen LogP contribution in [0.4, 0.5) is 0 Å². The van der Waals surface area contributed by atoms with Crippen molar-refractivity contribution >= 4 is 35.8 Å². The molecule has 0 aliphatic heterocycles. The summed E-state index contributed by atoms with van der Waals surface area (Å²) in [6.07, 6.45) is 3.90. The number of hydrogen-bond donors (Lipinski definition) is 3. The smallest absolute Gasteiger partial charge is 0.223 e. The van der Waals surface area contributed by atoms with Gasteiger partial charge in [-0.25, -0.2) is 0 Å². The highest BCUT2D eigenvalue weighted by Gasteiger charge is 2.27. The van der Waals surface area contributed by atoms with Gasteiger partial charge in [-0.1, -0.05) is 24.6 Å². The number of guanidine groups is 1. The fraction of sp³-hybridized carbons (Fsp3) is 0.636. The molecule has 0 aromatic heterocycles. The molecule has 1 aromatic rings. The van der Waals surface area contributed by atoms with Crippen LogP contribution < -0.4 is 20.7 Å². The van der Waals surface area contributed by atoms with Gasteiger partial charge in [0.05, 0.1) is 20.3 Å². The maximum absolute atomic E-state index is 12.3. The van der Waals surface area contributed by atoms with Crippen molar-refractivity contribution in [3.63, 3.8) is 0 Å². The number of hydrogen-bond acceptors (Lipinski definition) is 4. The van der Waals surface area contributed by atoms with Gasteiger partial charge in [0, 0.05) is 37.2 Å². The second-order valence-electron chi connectivity index (χ2n) is 7.73. The highest BCUT2D eigenvalue weighted by atomic mass is 127. The number of amides is 1. The fourth-order valence-electron chi connectivity index (χ4n) is 3.60. The van der Waals surface area contributed by atoms with Crippen molar-refractivity contribution in [3.8, 4) is 5.75 Å². The van der Waals surface area contributed by atoms with Gasteiger partial charge in [-0.3, -0.25) is 9.79 Å². The number of benzene rings is 1. The quantitative estimate of drug-likeness (QED) is 0.197. The number of methoxy groups -OCH3 is 1. The molecule has 2 atom stereocenters. The van der Waals surface area contributed by atoms with E-state index < -0.39 is 0 Å². The molecule has 0 saturated heterocycles. The second kappa shape index (κ2) is 14.5. The zero-order chi connectivity index (χ0) is 21.1. The third-order valence-electron chi connectivity index (χ3n) is 5.03. The van der Waals surface area contributed by atoms with Crippen molar-refractivity contribution < 1.29 is 14.3 Å². The first-order valence-electron chi connectivity index (χ1n) is 10.5. The average molecular weight is 532 g/mol. The van der Waals surface area contributed by atoms with Gasteiger partial charge in [-0.2, -0.15) is 0 Å². The third-order valence-corrected chi connectivity index (χ3v) is 5.03. The van der Waals surface area contributed by atoms with E-state index in [0.717, 1.165) is 43.0 Å². The second-order valence-corrected chi connectivity index (χ2v) is 7.73. The first kappa shape index (κ1) is 26.5. The highest BCUT2D eigenvalue weighted by molar-refractivity contribution is 14.0. The minimum absolute atomic E-state index is 0. The lowest BCUT2D eigenvalue weighted by atomic mass is 9.85. The summed E-state index contributed by atoms with van der Waals surface area (Å²) in [6.45, 7) is 5.71. The molecule has 0 bridgehead atoms. The molecule has 2 rings (SSSR count). The van der Waals surface area contributed by atoms with Crippen molar-refractivity contribution in [3.05, 3.63) is 29.8 Å². The van der Waals surface area contributed by atoms with E-state index in [9.17, 15) is 4.79 Å². The summed E-state index contributed by atoms with van der Waals surface area (Å²) in [4.78, 5) is 16.6. The number of carbonyl (C=O) groups excluding carboxylic acids is 1. The van der Waals surface area contributed by atoms with Gasteiger partial charge in [-0.15, -0.1) is 24.0 Å². The first-order valence-corrected chi connectivity index (χ1v) is 10.5. The number of ether oxygens (including phenoxy) is 2. The van der Waals surface area contributed by atoms with Gasteiger partial charge >= 0.3 is 0 Å². The van der Waals surface area contributed by atoms with Crippen molar-refractivity contribution in [2.45, 2.75) is 58.2 Å². The van der Waals surface area contributed by atoms with Gasteiger partial charge < -0.3 is 25.4 Å². The van der Waals surface area contributed by atoms with Crippen molar-refractivity contribution in [2.24, 2.45) is 10.9 Å². The molecule has 8 heteroatoms. The topological polar surface area (TPSA) is 84.0 Å². The molecule has 0 spiro atoms. The molecular weight excluding hydrogens is 495 g/mol. The molecule has 1 amide bonds. The maximum atomic E-state index is 12.3. The van der Waals surface area contributed by atoms with Crippen LogP contribution in [-0.2, 0) is 16.1 Å². The van der Waals surface area contributed by atoms with E-state index in [1.54, 1.807) is 14.2 Å². The van der Waals surface area contributed by atoms with Crippen molar-refractivity contribution in [1.82, 2.24) is 16.0 Å². The Morgan fingerprint density at radius 3 is 2.73 bits per heavy atom. The lowest BCUT2D eigenvalue weighted by Gasteiger charge is -2.30. The number of halogens is 1. The summed E-state index contributed by atoms with van der Waals surface area (Å²) in [7, 11) is 3.43. The van der Waals surface area contributed by atoms with Gasteiger partial charge in [0.25, 0.3) is 0 Å². The van der Waals surface area contributed by atoms with E-state index in [1.165, 1.54) is 0 Å². The summed E-state index contributed by atoms with van der Waals surface area (Å²) in [5, 5.41) is 9.78. The van der Waals surface area contributed by atoms with Crippen LogP contribution in [0.5, 0.6) is 5.75 Å². The lowest BCUT2D eigenvalue weighted by Crippen LogP contribution is -2.48.